The van der Waals surface area contributed by atoms with Gasteiger partial charge in [0.15, 0.2) is 5.76 Å². The molecule has 6 nitrogen and oxygen atoms in total. The molecule has 2 aromatic heterocycles. The van der Waals surface area contributed by atoms with Crippen molar-refractivity contribution < 1.29 is 14.0 Å². The Labute approximate surface area is 161 Å². The maximum atomic E-state index is 12.8. The molecule has 1 aliphatic heterocycles. The van der Waals surface area contributed by atoms with Gasteiger partial charge < -0.3 is 14.2 Å². The van der Waals surface area contributed by atoms with Crippen LogP contribution in [0.5, 0.6) is 0 Å². The molecule has 26 heavy (non-hydrogen) atoms. The van der Waals surface area contributed by atoms with Gasteiger partial charge in [0.25, 0.3) is 11.8 Å². The van der Waals surface area contributed by atoms with E-state index in [2.05, 4.69) is 4.98 Å². The summed E-state index contributed by atoms with van der Waals surface area (Å²) in [5.74, 6) is 1.86. The van der Waals surface area contributed by atoms with E-state index in [0.29, 0.717) is 36.8 Å². The highest BCUT2D eigenvalue weighted by Gasteiger charge is 2.26. The molecule has 0 spiro atoms. The lowest BCUT2D eigenvalue weighted by atomic mass is 10.3. The zero-order valence-corrected chi connectivity index (χ0v) is 16.9. The van der Waals surface area contributed by atoms with Crippen LogP contribution in [0.25, 0.3) is 0 Å². The first-order valence-corrected chi connectivity index (χ1v) is 10.8. The number of aromatic nitrogens is 1. The summed E-state index contributed by atoms with van der Waals surface area (Å²) >= 11 is 3.09. The molecule has 0 atom stereocenters. The summed E-state index contributed by atoms with van der Waals surface area (Å²) in [6.45, 7) is 6.09. The molecule has 2 amide bonds. The monoisotopic (exact) mass is 393 g/mol. The van der Waals surface area contributed by atoms with Crippen molar-refractivity contribution in [3.63, 3.8) is 0 Å². The van der Waals surface area contributed by atoms with Crippen LogP contribution in [0.4, 0.5) is 0 Å². The Morgan fingerprint density at radius 2 is 1.85 bits per heavy atom. The molecule has 3 rings (SSSR count). The van der Waals surface area contributed by atoms with Crippen LogP contribution in [0.2, 0.25) is 0 Å². The van der Waals surface area contributed by atoms with Crippen LogP contribution in [0.3, 0.4) is 0 Å². The normalized spacial score (nSPS) is 15.2. The highest BCUT2D eigenvalue weighted by molar-refractivity contribution is 7.97. The first kappa shape index (κ1) is 19.0. The second-order valence-electron chi connectivity index (χ2n) is 6.28. The molecular weight excluding hydrogens is 370 g/mol. The molecule has 3 heterocycles. The number of hydrogen-bond donors (Lipinski definition) is 0. The predicted molar refractivity (Wildman–Crippen MR) is 104 cm³/mol. The van der Waals surface area contributed by atoms with E-state index in [1.807, 2.05) is 31.1 Å². The van der Waals surface area contributed by atoms with Gasteiger partial charge in [-0.2, -0.15) is 11.8 Å². The van der Waals surface area contributed by atoms with Crippen LogP contribution in [0.1, 0.15) is 43.1 Å². The van der Waals surface area contributed by atoms with Gasteiger partial charge in [-0.05, 0) is 38.7 Å². The van der Waals surface area contributed by atoms with Crippen LogP contribution in [-0.2, 0) is 5.75 Å². The summed E-state index contributed by atoms with van der Waals surface area (Å²) in [5.41, 5.74) is 0.784. The molecule has 0 radical (unpaired) electrons. The van der Waals surface area contributed by atoms with E-state index in [-0.39, 0.29) is 11.8 Å². The van der Waals surface area contributed by atoms with Crippen LogP contribution in [-0.4, -0.2) is 59.0 Å². The fraction of sp³-hybridized carbons (Fsp3) is 0.500. The Kier molecular flexibility index (Phi) is 6.03. The number of nitrogens with zero attached hydrogens (tertiary/aromatic N) is 3. The first-order valence-electron chi connectivity index (χ1n) is 8.60. The quantitative estimate of drug-likeness (QED) is 0.798. The Bertz CT molecular complexity index is 799. The number of furan rings is 1. The summed E-state index contributed by atoms with van der Waals surface area (Å²) in [7, 11) is 0. The zero-order chi connectivity index (χ0) is 18.7. The third-order valence-electron chi connectivity index (χ3n) is 4.33. The Balaban J connectivity index is 1.64. The smallest absolute Gasteiger partial charge is 0.289 e. The minimum Gasteiger partial charge on any atom is -0.455 e. The number of carbonyl (C=O) groups excluding carboxylic acids is 2. The van der Waals surface area contributed by atoms with Gasteiger partial charge in [0.2, 0.25) is 0 Å². The van der Waals surface area contributed by atoms with Gasteiger partial charge in [-0.1, -0.05) is 0 Å². The van der Waals surface area contributed by atoms with E-state index in [9.17, 15) is 9.59 Å². The lowest BCUT2D eigenvalue weighted by Crippen LogP contribution is -2.37. The minimum atomic E-state index is -0.100. The molecule has 140 valence electrons. The molecule has 0 N–H and O–H groups in total. The topological polar surface area (TPSA) is 66.7 Å². The van der Waals surface area contributed by atoms with Gasteiger partial charge >= 0.3 is 0 Å². The van der Waals surface area contributed by atoms with E-state index < -0.39 is 0 Å². The summed E-state index contributed by atoms with van der Waals surface area (Å²) in [6.07, 6.45) is 2.75. The number of thioether (sulfide) groups is 1. The van der Waals surface area contributed by atoms with Crippen LogP contribution in [0, 0.1) is 13.8 Å². The average Bonchev–Trinajstić information content (AvgIpc) is 3.12. The van der Waals surface area contributed by atoms with E-state index >= 15 is 0 Å². The fourth-order valence-corrected chi connectivity index (χ4v) is 4.39. The van der Waals surface area contributed by atoms with E-state index in [0.717, 1.165) is 28.6 Å². The van der Waals surface area contributed by atoms with E-state index in [4.69, 9.17) is 4.42 Å². The van der Waals surface area contributed by atoms with Crippen molar-refractivity contribution in [1.29, 1.82) is 0 Å². The summed E-state index contributed by atoms with van der Waals surface area (Å²) < 4.78 is 5.64. The zero-order valence-electron chi connectivity index (χ0n) is 15.3. The molecule has 1 saturated heterocycles. The maximum absolute atomic E-state index is 12.8. The molecule has 0 unspecified atom stereocenters. The van der Waals surface area contributed by atoms with Gasteiger partial charge in [0, 0.05) is 26.2 Å². The number of thiazole rings is 1. The number of aryl methyl sites for hydroxylation is 2. The predicted octanol–water partition coefficient (Wildman–Crippen LogP) is 3.20. The molecular formula is C18H23N3O3S2. The van der Waals surface area contributed by atoms with Crippen LogP contribution < -0.4 is 0 Å². The van der Waals surface area contributed by atoms with Crippen molar-refractivity contribution in [2.45, 2.75) is 26.0 Å². The van der Waals surface area contributed by atoms with Gasteiger partial charge in [-0.3, -0.25) is 9.59 Å². The van der Waals surface area contributed by atoms with E-state index in [1.54, 1.807) is 22.7 Å². The third kappa shape index (κ3) is 4.12. The highest BCUT2D eigenvalue weighted by Crippen LogP contribution is 2.21. The SMILES string of the molecule is CSCc1ccc(C(=O)N2CCCN(C(=O)c3sc(C)nc3C)CC2)o1. The Morgan fingerprint density at radius 3 is 2.46 bits per heavy atom. The van der Waals surface area contributed by atoms with Gasteiger partial charge in [-0.25, -0.2) is 4.98 Å². The van der Waals surface area contributed by atoms with Crippen molar-refractivity contribution in [1.82, 2.24) is 14.8 Å². The minimum absolute atomic E-state index is 0.0163. The first-order chi connectivity index (χ1) is 12.5. The standard InChI is InChI=1S/C18H23N3O3S2/c1-12-16(26-13(2)19-12)18(23)21-8-4-7-20(9-10-21)17(22)15-6-5-14(24-15)11-25-3/h5-6H,4,7-11H2,1-3H3. The van der Waals surface area contributed by atoms with Crippen molar-refractivity contribution in [3.05, 3.63) is 39.2 Å². The number of amides is 2. The summed E-state index contributed by atoms with van der Waals surface area (Å²) in [6, 6.07) is 3.59. The summed E-state index contributed by atoms with van der Waals surface area (Å²) in [5, 5.41) is 0.899. The molecule has 0 bridgehead atoms. The Morgan fingerprint density at radius 1 is 1.15 bits per heavy atom. The lowest BCUT2D eigenvalue weighted by molar-refractivity contribution is 0.0700. The molecule has 1 fully saturated rings. The molecule has 2 aromatic rings. The van der Waals surface area contributed by atoms with Crippen molar-refractivity contribution in [3.8, 4) is 0 Å². The molecule has 0 aliphatic carbocycles. The molecule has 0 saturated carbocycles. The van der Waals surface area contributed by atoms with Crippen LogP contribution in [0.15, 0.2) is 16.5 Å². The second-order valence-corrected chi connectivity index (χ2v) is 8.35. The van der Waals surface area contributed by atoms with Crippen molar-refractivity contribution in [2.75, 3.05) is 32.4 Å². The van der Waals surface area contributed by atoms with Gasteiger partial charge in [0.1, 0.15) is 10.6 Å². The summed E-state index contributed by atoms with van der Waals surface area (Å²) in [4.78, 5) is 34.1. The van der Waals surface area contributed by atoms with Gasteiger partial charge in [-0.15, -0.1) is 11.3 Å². The molecule has 0 aromatic carbocycles. The fourth-order valence-electron chi connectivity index (χ4n) is 3.07. The second kappa shape index (κ2) is 8.26. The van der Waals surface area contributed by atoms with Crippen LogP contribution >= 0.6 is 23.1 Å². The number of hydrogen-bond acceptors (Lipinski definition) is 6. The lowest BCUT2D eigenvalue weighted by Gasteiger charge is -2.21. The average molecular weight is 394 g/mol. The molecule has 8 heteroatoms. The number of rotatable bonds is 4. The Hall–Kier alpha value is -1.80. The van der Waals surface area contributed by atoms with Crippen molar-refractivity contribution >= 4 is 34.9 Å². The number of carbonyl (C=O) groups is 2. The maximum Gasteiger partial charge on any atom is 0.289 e. The highest BCUT2D eigenvalue weighted by atomic mass is 32.2. The van der Waals surface area contributed by atoms with Gasteiger partial charge in [0.05, 0.1) is 16.5 Å². The third-order valence-corrected chi connectivity index (χ3v) is 5.96. The molecule has 1 aliphatic rings. The van der Waals surface area contributed by atoms with E-state index in [1.165, 1.54) is 11.3 Å². The van der Waals surface area contributed by atoms with Crippen molar-refractivity contribution in [2.24, 2.45) is 0 Å². The largest absolute Gasteiger partial charge is 0.455 e.